The molecule has 0 bridgehead atoms. The van der Waals surface area contributed by atoms with Gasteiger partial charge in [-0.1, -0.05) is 12.8 Å². The maximum absolute atomic E-state index is 11.2. The Hall–Kier alpha value is -1.89. The van der Waals surface area contributed by atoms with Gasteiger partial charge in [-0.05, 0) is 18.9 Å². The fourth-order valence-corrected chi connectivity index (χ4v) is 2.36. The Labute approximate surface area is 106 Å². The van der Waals surface area contributed by atoms with Crippen LogP contribution in [0.1, 0.15) is 25.7 Å². The molecular weight excluding hydrogens is 232 g/mol. The number of carbonyl (C=O) groups excluding carboxylic acids is 1. The van der Waals surface area contributed by atoms with E-state index in [1.165, 1.54) is 12.8 Å². The van der Waals surface area contributed by atoms with Crippen molar-refractivity contribution in [3.05, 3.63) is 12.3 Å². The molecule has 0 atom stereocenters. The fraction of sp³-hybridized carbons (Fsp3) is 0.545. The van der Waals surface area contributed by atoms with Gasteiger partial charge in [0, 0.05) is 12.2 Å². The Bertz CT molecular complexity index is 418. The van der Waals surface area contributed by atoms with Crippen molar-refractivity contribution in [1.29, 1.82) is 0 Å². The molecule has 0 radical (unpaired) electrons. The molecule has 1 aliphatic rings. The molecular formula is C11H18N6O. The van der Waals surface area contributed by atoms with Gasteiger partial charge in [0.15, 0.2) is 0 Å². The highest BCUT2D eigenvalue weighted by Gasteiger charge is 2.25. The molecule has 0 aliphatic heterocycles. The van der Waals surface area contributed by atoms with Crippen molar-refractivity contribution in [2.75, 3.05) is 16.9 Å². The van der Waals surface area contributed by atoms with Crippen LogP contribution < -0.4 is 21.9 Å². The quantitative estimate of drug-likeness (QED) is 0.501. The van der Waals surface area contributed by atoms with Crippen molar-refractivity contribution in [3.8, 4) is 0 Å². The molecule has 1 aromatic heterocycles. The predicted molar refractivity (Wildman–Crippen MR) is 68.6 cm³/mol. The molecule has 1 aliphatic carbocycles. The average Bonchev–Trinajstić information content (AvgIpc) is 2.89. The van der Waals surface area contributed by atoms with Gasteiger partial charge in [-0.15, -0.1) is 0 Å². The van der Waals surface area contributed by atoms with Crippen LogP contribution in [-0.4, -0.2) is 28.5 Å². The van der Waals surface area contributed by atoms with E-state index in [2.05, 4.69) is 15.4 Å². The normalized spacial score (nSPS) is 15.6. The number of hydrogen-bond donors (Lipinski definition) is 3. The van der Waals surface area contributed by atoms with E-state index in [4.69, 9.17) is 11.6 Å². The second kappa shape index (κ2) is 5.63. The van der Waals surface area contributed by atoms with E-state index in [-0.39, 0.29) is 12.5 Å². The van der Waals surface area contributed by atoms with E-state index in [1.54, 1.807) is 12.3 Å². The van der Waals surface area contributed by atoms with Gasteiger partial charge in [-0.2, -0.15) is 4.98 Å². The standard InChI is InChI=1S/C11H18N6O/c12-9(18)7-17(8-3-1-2-4-8)10-5-6-14-11(15-10)16-13/h5-6,8H,1-4,7,13H2,(H2,12,18)(H,14,15,16). The Morgan fingerprint density at radius 3 is 2.83 bits per heavy atom. The lowest BCUT2D eigenvalue weighted by atomic mass is 10.2. The number of nitrogens with two attached hydrogens (primary N) is 2. The minimum Gasteiger partial charge on any atom is -0.368 e. The van der Waals surface area contributed by atoms with Gasteiger partial charge in [-0.3, -0.25) is 10.2 Å². The Morgan fingerprint density at radius 1 is 1.50 bits per heavy atom. The number of anilines is 2. The summed E-state index contributed by atoms with van der Waals surface area (Å²) < 4.78 is 0. The number of rotatable bonds is 5. The Morgan fingerprint density at radius 2 is 2.22 bits per heavy atom. The largest absolute Gasteiger partial charge is 0.368 e. The van der Waals surface area contributed by atoms with E-state index >= 15 is 0 Å². The number of nitrogens with one attached hydrogen (secondary N) is 1. The first kappa shape index (κ1) is 12.6. The van der Waals surface area contributed by atoms with E-state index in [1.807, 2.05) is 4.90 Å². The topological polar surface area (TPSA) is 110 Å². The van der Waals surface area contributed by atoms with E-state index < -0.39 is 0 Å². The van der Waals surface area contributed by atoms with Gasteiger partial charge in [0.05, 0.1) is 6.54 Å². The summed E-state index contributed by atoms with van der Waals surface area (Å²) >= 11 is 0. The number of carbonyl (C=O) groups is 1. The number of nitrogens with zero attached hydrogens (tertiary/aromatic N) is 3. The number of hydrazine groups is 1. The third-order valence-electron chi connectivity index (χ3n) is 3.16. The summed E-state index contributed by atoms with van der Waals surface area (Å²) in [6, 6.07) is 2.08. The van der Waals surface area contributed by atoms with E-state index in [0.717, 1.165) is 12.8 Å². The van der Waals surface area contributed by atoms with Crippen LogP contribution in [-0.2, 0) is 4.79 Å². The van der Waals surface area contributed by atoms with Gasteiger partial charge in [0.2, 0.25) is 11.9 Å². The molecule has 1 saturated carbocycles. The molecule has 7 heteroatoms. The first-order valence-electron chi connectivity index (χ1n) is 6.05. The van der Waals surface area contributed by atoms with Crippen LogP contribution in [0.2, 0.25) is 0 Å². The highest BCUT2D eigenvalue weighted by molar-refractivity contribution is 5.79. The van der Waals surface area contributed by atoms with Crippen molar-refractivity contribution < 1.29 is 4.79 Å². The van der Waals surface area contributed by atoms with Crippen LogP contribution in [0.15, 0.2) is 12.3 Å². The fourth-order valence-electron chi connectivity index (χ4n) is 2.36. The molecule has 1 fully saturated rings. The summed E-state index contributed by atoms with van der Waals surface area (Å²) in [6.45, 7) is 0.172. The summed E-state index contributed by atoms with van der Waals surface area (Å²) in [5.74, 6) is 5.95. The van der Waals surface area contributed by atoms with Crippen LogP contribution in [0.5, 0.6) is 0 Å². The third-order valence-corrected chi connectivity index (χ3v) is 3.16. The molecule has 0 saturated heterocycles. The molecule has 0 unspecified atom stereocenters. The van der Waals surface area contributed by atoms with Crippen LogP contribution in [0.3, 0.4) is 0 Å². The van der Waals surface area contributed by atoms with Crippen LogP contribution in [0.4, 0.5) is 11.8 Å². The van der Waals surface area contributed by atoms with Crippen molar-refractivity contribution in [3.63, 3.8) is 0 Å². The molecule has 7 nitrogen and oxygen atoms in total. The lowest BCUT2D eigenvalue weighted by molar-refractivity contribution is -0.116. The van der Waals surface area contributed by atoms with E-state index in [9.17, 15) is 4.79 Å². The van der Waals surface area contributed by atoms with Gasteiger partial charge in [0.1, 0.15) is 5.82 Å². The highest BCUT2D eigenvalue weighted by Crippen LogP contribution is 2.27. The van der Waals surface area contributed by atoms with Crippen molar-refractivity contribution in [1.82, 2.24) is 9.97 Å². The number of hydrogen-bond acceptors (Lipinski definition) is 6. The van der Waals surface area contributed by atoms with Gasteiger partial charge >= 0.3 is 0 Å². The van der Waals surface area contributed by atoms with Crippen molar-refractivity contribution in [2.24, 2.45) is 11.6 Å². The second-order valence-electron chi connectivity index (χ2n) is 4.42. The number of nitrogen functional groups attached to an aromatic ring is 1. The van der Waals surface area contributed by atoms with Crippen LogP contribution in [0.25, 0.3) is 0 Å². The van der Waals surface area contributed by atoms with Gasteiger partial charge in [-0.25, -0.2) is 10.8 Å². The zero-order valence-electron chi connectivity index (χ0n) is 10.2. The smallest absolute Gasteiger partial charge is 0.239 e. The molecule has 18 heavy (non-hydrogen) atoms. The zero-order valence-corrected chi connectivity index (χ0v) is 10.2. The van der Waals surface area contributed by atoms with Gasteiger partial charge < -0.3 is 10.6 Å². The summed E-state index contributed by atoms with van der Waals surface area (Å²) in [7, 11) is 0. The molecule has 0 aromatic carbocycles. The minimum atomic E-state index is -0.359. The first-order valence-corrected chi connectivity index (χ1v) is 6.05. The molecule has 0 spiro atoms. The second-order valence-corrected chi connectivity index (χ2v) is 4.42. The van der Waals surface area contributed by atoms with Crippen LogP contribution in [0, 0.1) is 0 Å². The van der Waals surface area contributed by atoms with Crippen molar-refractivity contribution >= 4 is 17.7 Å². The predicted octanol–water partition coefficient (Wildman–Crippen LogP) is -0.00350. The minimum absolute atomic E-state index is 0.172. The zero-order chi connectivity index (χ0) is 13.0. The summed E-state index contributed by atoms with van der Waals surface area (Å²) in [4.78, 5) is 21.3. The summed E-state index contributed by atoms with van der Waals surface area (Å²) in [5, 5.41) is 0. The Kier molecular flexibility index (Phi) is 3.93. The average molecular weight is 250 g/mol. The SMILES string of the molecule is NNc1nccc(N(CC(N)=O)C2CCCC2)n1. The number of amides is 1. The Balaban J connectivity index is 2.23. The maximum atomic E-state index is 11.2. The summed E-state index contributed by atoms with van der Waals surface area (Å²) in [6.07, 6.45) is 6.08. The number of primary amides is 1. The third kappa shape index (κ3) is 2.86. The van der Waals surface area contributed by atoms with E-state index in [0.29, 0.717) is 17.8 Å². The van der Waals surface area contributed by atoms with Crippen molar-refractivity contribution in [2.45, 2.75) is 31.7 Å². The molecule has 5 N–H and O–H groups in total. The molecule has 98 valence electrons. The molecule has 1 amide bonds. The first-order chi connectivity index (χ1) is 8.70. The van der Waals surface area contributed by atoms with Gasteiger partial charge in [0.25, 0.3) is 0 Å². The molecule has 2 rings (SSSR count). The lowest BCUT2D eigenvalue weighted by Crippen LogP contribution is -2.40. The highest BCUT2D eigenvalue weighted by atomic mass is 16.1. The monoisotopic (exact) mass is 250 g/mol. The maximum Gasteiger partial charge on any atom is 0.239 e. The molecule has 1 aromatic rings. The summed E-state index contributed by atoms with van der Waals surface area (Å²) in [5.41, 5.74) is 7.71. The molecule has 1 heterocycles. The lowest BCUT2D eigenvalue weighted by Gasteiger charge is -2.28. The number of aromatic nitrogens is 2. The van der Waals surface area contributed by atoms with Crippen LogP contribution >= 0.6 is 0 Å².